The van der Waals surface area contributed by atoms with Gasteiger partial charge in [-0.2, -0.15) is 0 Å². The van der Waals surface area contributed by atoms with Crippen LogP contribution in [0.5, 0.6) is 5.75 Å². The van der Waals surface area contributed by atoms with E-state index >= 15 is 0 Å². The van der Waals surface area contributed by atoms with E-state index in [1.54, 1.807) is 6.07 Å². The van der Waals surface area contributed by atoms with Crippen molar-refractivity contribution in [2.24, 2.45) is 0 Å². The number of benzene rings is 3. The number of halogens is 1. The molecule has 0 aromatic heterocycles. The highest BCUT2D eigenvalue weighted by Crippen LogP contribution is 2.26. The summed E-state index contributed by atoms with van der Waals surface area (Å²) < 4.78 is 5.55. The van der Waals surface area contributed by atoms with E-state index in [1.165, 1.54) is 5.56 Å². The third-order valence-corrected chi connectivity index (χ3v) is 4.57. The summed E-state index contributed by atoms with van der Waals surface area (Å²) >= 11 is 6.31. The molecule has 0 saturated heterocycles. The first kappa shape index (κ1) is 19.8. The van der Waals surface area contributed by atoms with Crippen LogP contribution < -0.4 is 15.4 Å². The largest absolute Gasteiger partial charge is 0.482 e. The molecule has 0 bridgehead atoms. The number of amides is 1. The van der Waals surface area contributed by atoms with Crippen molar-refractivity contribution in [3.8, 4) is 5.75 Å². The molecule has 3 aromatic carbocycles. The van der Waals surface area contributed by atoms with Crippen molar-refractivity contribution in [2.75, 3.05) is 17.2 Å². The summed E-state index contributed by atoms with van der Waals surface area (Å²) in [7, 11) is 0. The molecule has 0 aliphatic carbocycles. The minimum Gasteiger partial charge on any atom is -0.482 e. The van der Waals surface area contributed by atoms with Gasteiger partial charge >= 0.3 is 0 Å². The molecular weight excluding hydrogens is 372 g/mol. The molecule has 0 unspecified atom stereocenters. The first-order valence-corrected chi connectivity index (χ1v) is 9.61. The van der Waals surface area contributed by atoms with Crippen LogP contribution in [0.25, 0.3) is 0 Å². The van der Waals surface area contributed by atoms with Crippen LogP contribution in [-0.2, 0) is 17.8 Å². The zero-order chi connectivity index (χ0) is 19.8. The fourth-order valence-corrected chi connectivity index (χ4v) is 2.95. The average Bonchev–Trinajstić information content (AvgIpc) is 2.72. The lowest BCUT2D eigenvalue weighted by atomic mass is 10.1. The van der Waals surface area contributed by atoms with Crippen molar-refractivity contribution < 1.29 is 9.53 Å². The van der Waals surface area contributed by atoms with Gasteiger partial charge < -0.3 is 15.4 Å². The molecule has 0 heterocycles. The Morgan fingerprint density at radius 2 is 1.64 bits per heavy atom. The molecular formula is C23H23ClN2O2. The van der Waals surface area contributed by atoms with E-state index in [0.29, 0.717) is 17.3 Å². The van der Waals surface area contributed by atoms with Crippen LogP contribution >= 0.6 is 11.6 Å². The number of nitrogens with one attached hydrogen (secondary N) is 2. The minimum absolute atomic E-state index is 0.101. The van der Waals surface area contributed by atoms with Crippen molar-refractivity contribution in [3.05, 3.63) is 88.9 Å². The fourth-order valence-electron chi connectivity index (χ4n) is 2.70. The summed E-state index contributed by atoms with van der Waals surface area (Å²) in [5.41, 5.74) is 4.14. The molecule has 2 N–H and O–H groups in total. The number of hydrogen-bond acceptors (Lipinski definition) is 3. The highest BCUT2D eigenvalue weighted by molar-refractivity contribution is 6.32. The van der Waals surface area contributed by atoms with Gasteiger partial charge in [0.05, 0.1) is 5.02 Å². The molecule has 0 saturated carbocycles. The predicted octanol–water partition coefficient (Wildman–Crippen LogP) is 5.53. The van der Waals surface area contributed by atoms with Crippen molar-refractivity contribution in [3.63, 3.8) is 0 Å². The standard InChI is InChI=1S/C23H23ClN2O2/c1-2-17-8-11-19(12-9-17)25-15-18-10-13-22(21(24)14-18)28-16-23(27)26-20-6-4-3-5-7-20/h3-14,25H,2,15-16H2,1H3,(H,26,27). The second kappa shape index (κ2) is 9.81. The molecule has 3 rings (SSSR count). The number of anilines is 2. The van der Waals surface area contributed by atoms with Crippen LogP contribution in [0.4, 0.5) is 11.4 Å². The van der Waals surface area contributed by atoms with E-state index in [9.17, 15) is 4.79 Å². The van der Waals surface area contributed by atoms with Crippen molar-refractivity contribution in [1.82, 2.24) is 0 Å². The van der Waals surface area contributed by atoms with E-state index in [4.69, 9.17) is 16.3 Å². The molecule has 0 aliphatic heterocycles. The van der Waals surface area contributed by atoms with Gasteiger partial charge in [-0.1, -0.05) is 54.9 Å². The number of carbonyl (C=O) groups excluding carboxylic acids is 1. The maximum atomic E-state index is 12.0. The SMILES string of the molecule is CCc1ccc(NCc2ccc(OCC(=O)Nc3ccccc3)c(Cl)c2)cc1. The molecule has 0 spiro atoms. The normalized spacial score (nSPS) is 10.4. The Morgan fingerprint density at radius 3 is 2.32 bits per heavy atom. The summed E-state index contributed by atoms with van der Waals surface area (Å²) in [5.74, 6) is 0.254. The Hall–Kier alpha value is -2.98. The van der Waals surface area contributed by atoms with Gasteiger partial charge in [0.15, 0.2) is 6.61 Å². The van der Waals surface area contributed by atoms with E-state index in [-0.39, 0.29) is 12.5 Å². The number of aryl methyl sites for hydroxylation is 1. The van der Waals surface area contributed by atoms with Gasteiger partial charge in [-0.15, -0.1) is 0 Å². The molecule has 0 atom stereocenters. The minimum atomic E-state index is -0.233. The Labute approximate surface area is 170 Å². The molecule has 28 heavy (non-hydrogen) atoms. The highest BCUT2D eigenvalue weighted by atomic mass is 35.5. The molecule has 1 amide bonds. The maximum absolute atomic E-state index is 12.0. The number of carbonyl (C=O) groups is 1. The Kier molecular flexibility index (Phi) is 6.93. The zero-order valence-corrected chi connectivity index (χ0v) is 16.5. The average molecular weight is 395 g/mol. The lowest BCUT2D eigenvalue weighted by molar-refractivity contribution is -0.118. The van der Waals surface area contributed by atoms with E-state index in [0.717, 1.165) is 23.4 Å². The van der Waals surface area contributed by atoms with Gasteiger partial charge in [0.25, 0.3) is 5.91 Å². The van der Waals surface area contributed by atoms with Crippen LogP contribution in [-0.4, -0.2) is 12.5 Å². The molecule has 4 nitrogen and oxygen atoms in total. The maximum Gasteiger partial charge on any atom is 0.262 e. The number of rotatable bonds is 8. The number of hydrogen-bond donors (Lipinski definition) is 2. The zero-order valence-electron chi connectivity index (χ0n) is 15.7. The van der Waals surface area contributed by atoms with Gasteiger partial charge in [0, 0.05) is 17.9 Å². The summed E-state index contributed by atoms with van der Waals surface area (Å²) in [6, 6.07) is 23.2. The Balaban J connectivity index is 1.51. The smallest absolute Gasteiger partial charge is 0.262 e. The molecule has 0 radical (unpaired) electrons. The first-order chi connectivity index (χ1) is 13.6. The van der Waals surface area contributed by atoms with Gasteiger partial charge in [-0.05, 0) is 53.9 Å². The summed E-state index contributed by atoms with van der Waals surface area (Å²) in [6.45, 7) is 2.69. The second-order valence-electron chi connectivity index (χ2n) is 6.37. The Morgan fingerprint density at radius 1 is 0.929 bits per heavy atom. The van der Waals surface area contributed by atoms with Crippen LogP contribution in [0.3, 0.4) is 0 Å². The Bertz CT molecular complexity index is 912. The lowest BCUT2D eigenvalue weighted by Gasteiger charge is -2.11. The summed E-state index contributed by atoms with van der Waals surface area (Å²) in [4.78, 5) is 12.0. The van der Waals surface area contributed by atoms with Crippen LogP contribution in [0.15, 0.2) is 72.8 Å². The third kappa shape index (κ3) is 5.76. The molecule has 0 fully saturated rings. The first-order valence-electron chi connectivity index (χ1n) is 9.23. The van der Waals surface area contributed by atoms with Crippen LogP contribution in [0.2, 0.25) is 5.02 Å². The van der Waals surface area contributed by atoms with Crippen molar-refractivity contribution in [1.29, 1.82) is 0 Å². The second-order valence-corrected chi connectivity index (χ2v) is 6.78. The van der Waals surface area contributed by atoms with Gasteiger partial charge in [-0.3, -0.25) is 4.79 Å². The summed E-state index contributed by atoms with van der Waals surface area (Å²) in [6.07, 6.45) is 1.03. The molecule has 5 heteroatoms. The van der Waals surface area contributed by atoms with E-state index < -0.39 is 0 Å². The van der Waals surface area contributed by atoms with Crippen molar-refractivity contribution in [2.45, 2.75) is 19.9 Å². The molecule has 144 valence electrons. The monoisotopic (exact) mass is 394 g/mol. The third-order valence-electron chi connectivity index (χ3n) is 4.27. The quantitative estimate of drug-likeness (QED) is 0.528. The van der Waals surface area contributed by atoms with Gasteiger partial charge in [-0.25, -0.2) is 0 Å². The number of ether oxygens (including phenoxy) is 1. The van der Waals surface area contributed by atoms with Crippen LogP contribution in [0, 0.1) is 0 Å². The lowest BCUT2D eigenvalue weighted by Crippen LogP contribution is -2.20. The van der Waals surface area contributed by atoms with Crippen molar-refractivity contribution >= 4 is 28.9 Å². The van der Waals surface area contributed by atoms with Gasteiger partial charge in [0.1, 0.15) is 5.75 Å². The topological polar surface area (TPSA) is 50.4 Å². The van der Waals surface area contributed by atoms with Gasteiger partial charge in [0.2, 0.25) is 0 Å². The molecule has 3 aromatic rings. The van der Waals surface area contributed by atoms with Crippen LogP contribution in [0.1, 0.15) is 18.1 Å². The van der Waals surface area contributed by atoms with E-state index in [2.05, 4.69) is 41.8 Å². The van der Waals surface area contributed by atoms with E-state index in [1.807, 2.05) is 42.5 Å². The predicted molar refractivity (Wildman–Crippen MR) is 115 cm³/mol. The summed E-state index contributed by atoms with van der Waals surface area (Å²) in [5, 5.41) is 6.63. The highest BCUT2D eigenvalue weighted by Gasteiger charge is 2.07. The fraction of sp³-hybridized carbons (Fsp3) is 0.174. The molecule has 0 aliphatic rings. The number of para-hydroxylation sites is 1.